The van der Waals surface area contributed by atoms with E-state index in [2.05, 4.69) is 5.32 Å². The number of halogens is 3. The number of hydrogen-bond donors (Lipinski definition) is 1. The first-order chi connectivity index (χ1) is 8.76. The quantitative estimate of drug-likeness (QED) is 0.796. The first kappa shape index (κ1) is 15.8. The van der Waals surface area contributed by atoms with E-state index in [1.54, 1.807) is 0 Å². The van der Waals surface area contributed by atoms with Crippen molar-refractivity contribution >= 4 is 0 Å². The second kappa shape index (κ2) is 6.28. The SMILES string of the molecule is CCC(C)(C)NCCOc1ccccc1C(F)(F)F. The number of rotatable bonds is 6. The second-order valence-electron chi connectivity index (χ2n) is 5.01. The lowest BCUT2D eigenvalue weighted by molar-refractivity contribution is -0.138. The molecule has 0 saturated heterocycles. The Bertz CT molecular complexity index is 402. The second-order valence-corrected chi connectivity index (χ2v) is 5.01. The fraction of sp³-hybridized carbons (Fsp3) is 0.571. The highest BCUT2D eigenvalue weighted by atomic mass is 19.4. The van der Waals surface area contributed by atoms with Crippen LogP contribution in [0.1, 0.15) is 32.8 Å². The van der Waals surface area contributed by atoms with Crippen LogP contribution in [-0.2, 0) is 6.18 Å². The number of benzene rings is 1. The summed E-state index contributed by atoms with van der Waals surface area (Å²) in [4.78, 5) is 0. The van der Waals surface area contributed by atoms with E-state index >= 15 is 0 Å². The minimum Gasteiger partial charge on any atom is -0.492 e. The molecule has 0 saturated carbocycles. The summed E-state index contributed by atoms with van der Waals surface area (Å²) in [6.07, 6.45) is -3.45. The van der Waals surface area contributed by atoms with E-state index in [1.165, 1.54) is 18.2 Å². The Hall–Kier alpha value is -1.23. The standard InChI is InChI=1S/C14H20F3NO/c1-4-13(2,3)18-9-10-19-12-8-6-5-7-11(12)14(15,16)17/h5-8,18H,4,9-10H2,1-3H3. The predicted molar refractivity (Wildman–Crippen MR) is 69.3 cm³/mol. The van der Waals surface area contributed by atoms with Crippen molar-refractivity contribution in [3.05, 3.63) is 29.8 Å². The highest BCUT2D eigenvalue weighted by molar-refractivity contribution is 5.35. The van der Waals surface area contributed by atoms with Crippen molar-refractivity contribution in [3.63, 3.8) is 0 Å². The minimum atomic E-state index is -4.38. The Morgan fingerprint density at radius 1 is 1.16 bits per heavy atom. The third-order valence-electron chi connectivity index (χ3n) is 3.04. The van der Waals surface area contributed by atoms with Crippen LogP contribution >= 0.6 is 0 Å². The van der Waals surface area contributed by atoms with Gasteiger partial charge in [-0.2, -0.15) is 13.2 Å². The van der Waals surface area contributed by atoms with Gasteiger partial charge in [0.05, 0.1) is 5.56 Å². The molecule has 0 amide bonds. The zero-order chi connectivity index (χ0) is 14.5. The third kappa shape index (κ3) is 5.11. The summed E-state index contributed by atoms with van der Waals surface area (Å²) in [7, 11) is 0. The highest BCUT2D eigenvalue weighted by Gasteiger charge is 2.33. The molecule has 0 heterocycles. The van der Waals surface area contributed by atoms with Crippen molar-refractivity contribution in [3.8, 4) is 5.75 Å². The molecule has 5 heteroatoms. The molecule has 108 valence electrons. The van der Waals surface area contributed by atoms with Gasteiger partial charge < -0.3 is 10.1 Å². The highest BCUT2D eigenvalue weighted by Crippen LogP contribution is 2.35. The molecule has 1 aromatic rings. The van der Waals surface area contributed by atoms with Crippen molar-refractivity contribution in [2.24, 2.45) is 0 Å². The molecule has 0 aliphatic rings. The molecule has 1 N–H and O–H groups in total. The van der Waals surface area contributed by atoms with Gasteiger partial charge in [0.2, 0.25) is 0 Å². The van der Waals surface area contributed by atoms with Crippen molar-refractivity contribution in [1.82, 2.24) is 5.32 Å². The maximum atomic E-state index is 12.7. The summed E-state index contributed by atoms with van der Waals surface area (Å²) in [5.74, 6) is -0.119. The maximum Gasteiger partial charge on any atom is 0.419 e. The van der Waals surface area contributed by atoms with E-state index in [0.29, 0.717) is 6.54 Å². The molecular weight excluding hydrogens is 255 g/mol. The van der Waals surface area contributed by atoms with Crippen molar-refractivity contribution in [1.29, 1.82) is 0 Å². The molecule has 19 heavy (non-hydrogen) atoms. The van der Waals surface area contributed by atoms with Gasteiger partial charge in [0, 0.05) is 12.1 Å². The molecule has 0 unspecified atom stereocenters. The van der Waals surface area contributed by atoms with E-state index in [4.69, 9.17) is 4.74 Å². The number of hydrogen-bond acceptors (Lipinski definition) is 2. The van der Waals surface area contributed by atoms with Gasteiger partial charge in [0.1, 0.15) is 12.4 Å². The molecular formula is C14H20F3NO. The zero-order valence-corrected chi connectivity index (χ0v) is 11.5. The van der Waals surface area contributed by atoms with Crippen LogP contribution in [0.5, 0.6) is 5.75 Å². The summed E-state index contributed by atoms with van der Waals surface area (Å²) < 4.78 is 43.3. The lowest BCUT2D eigenvalue weighted by Gasteiger charge is -2.24. The average molecular weight is 275 g/mol. The molecule has 0 aromatic heterocycles. The Morgan fingerprint density at radius 3 is 2.37 bits per heavy atom. The molecule has 0 aliphatic heterocycles. The van der Waals surface area contributed by atoms with E-state index in [1.807, 2.05) is 20.8 Å². The first-order valence-corrected chi connectivity index (χ1v) is 6.30. The van der Waals surface area contributed by atoms with Crippen LogP contribution in [0.15, 0.2) is 24.3 Å². The van der Waals surface area contributed by atoms with Gasteiger partial charge in [-0.3, -0.25) is 0 Å². The van der Waals surface area contributed by atoms with Crippen LogP contribution in [0.4, 0.5) is 13.2 Å². The topological polar surface area (TPSA) is 21.3 Å². The van der Waals surface area contributed by atoms with Gasteiger partial charge in [0.15, 0.2) is 0 Å². The van der Waals surface area contributed by atoms with Gasteiger partial charge in [-0.05, 0) is 32.4 Å². The molecule has 0 radical (unpaired) electrons. The number of para-hydroxylation sites is 1. The number of nitrogens with one attached hydrogen (secondary N) is 1. The van der Waals surface area contributed by atoms with Crippen LogP contribution in [0.2, 0.25) is 0 Å². The monoisotopic (exact) mass is 275 g/mol. The molecule has 0 fully saturated rings. The Kier molecular flexibility index (Phi) is 5.23. The van der Waals surface area contributed by atoms with E-state index < -0.39 is 11.7 Å². The summed E-state index contributed by atoms with van der Waals surface area (Å²) in [5.41, 5.74) is -0.767. The first-order valence-electron chi connectivity index (χ1n) is 6.30. The molecule has 0 atom stereocenters. The molecule has 2 nitrogen and oxygen atoms in total. The summed E-state index contributed by atoms with van der Waals surface area (Å²) in [6, 6.07) is 5.26. The summed E-state index contributed by atoms with van der Waals surface area (Å²) >= 11 is 0. The fourth-order valence-corrected chi connectivity index (χ4v) is 1.50. The fourth-order valence-electron chi connectivity index (χ4n) is 1.50. The minimum absolute atomic E-state index is 0.0348. The van der Waals surface area contributed by atoms with E-state index in [-0.39, 0.29) is 17.9 Å². The number of alkyl halides is 3. The molecule has 1 rings (SSSR count). The van der Waals surface area contributed by atoms with Crippen LogP contribution < -0.4 is 10.1 Å². The molecule has 0 bridgehead atoms. The summed E-state index contributed by atoms with van der Waals surface area (Å²) in [5, 5.41) is 3.23. The zero-order valence-electron chi connectivity index (χ0n) is 11.5. The third-order valence-corrected chi connectivity index (χ3v) is 3.04. The molecule has 0 spiro atoms. The van der Waals surface area contributed by atoms with Gasteiger partial charge in [-0.15, -0.1) is 0 Å². The van der Waals surface area contributed by atoms with Crippen molar-refractivity contribution in [2.75, 3.05) is 13.2 Å². The predicted octanol–water partition coefficient (Wildman–Crippen LogP) is 3.86. The largest absolute Gasteiger partial charge is 0.492 e. The Morgan fingerprint density at radius 2 is 1.79 bits per heavy atom. The van der Waals surface area contributed by atoms with Gasteiger partial charge >= 0.3 is 6.18 Å². The van der Waals surface area contributed by atoms with Gasteiger partial charge in [-0.25, -0.2) is 0 Å². The van der Waals surface area contributed by atoms with Crippen LogP contribution in [-0.4, -0.2) is 18.7 Å². The number of ether oxygens (including phenoxy) is 1. The lowest BCUT2D eigenvalue weighted by Crippen LogP contribution is -2.40. The van der Waals surface area contributed by atoms with Gasteiger partial charge in [0.25, 0.3) is 0 Å². The van der Waals surface area contributed by atoms with Gasteiger partial charge in [-0.1, -0.05) is 19.1 Å². The summed E-state index contributed by atoms with van der Waals surface area (Å²) in [6.45, 7) is 6.84. The Labute approximate surface area is 112 Å². The smallest absolute Gasteiger partial charge is 0.419 e. The van der Waals surface area contributed by atoms with E-state index in [9.17, 15) is 13.2 Å². The molecule has 0 aliphatic carbocycles. The molecule has 1 aromatic carbocycles. The maximum absolute atomic E-state index is 12.7. The normalized spacial score (nSPS) is 12.5. The van der Waals surface area contributed by atoms with Crippen LogP contribution in [0, 0.1) is 0 Å². The lowest BCUT2D eigenvalue weighted by atomic mass is 10.0. The van der Waals surface area contributed by atoms with Crippen molar-refractivity contribution < 1.29 is 17.9 Å². The van der Waals surface area contributed by atoms with E-state index in [0.717, 1.165) is 12.5 Å². The van der Waals surface area contributed by atoms with Crippen molar-refractivity contribution in [2.45, 2.75) is 38.9 Å². The Balaban J connectivity index is 2.55. The van der Waals surface area contributed by atoms with Crippen LogP contribution in [0.25, 0.3) is 0 Å². The average Bonchev–Trinajstić information content (AvgIpc) is 2.34. The van der Waals surface area contributed by atoms with Crippen LogP contribution in [0.3, 0.4) is 0 Å².